The second-order valence-electron chi connectivity index (χ2n) is 6.07. The summed E-state index contributed by atoms with van der Waals surface area (Å²) in [4.78, 5) is 36.3. The van der Waals surface area contributed by atoms with E-state index in [4.69, 9.17) is 4.74 Å². The van der Waals surface area contributed by atoms with E-state index in [1.54, 1.807) is 48.5 Å². The molecule has 28 heavy (non-hydrogen) atoms. The maximum Gasteiger partial charge on any atom is 0.342 e. The largest absolute Gasteiger partial charge is 0.507 e. The van der Waals surface area contributed by atoms with Crippen LogP contribution in [0.4, 0.5) is 0 Å². The number of rotatable bonds is 4. The number of fused-ring (bicyclic) bond motifs is 1. The highest BCUT2D eigenvalue weighted by atomic mass is 16.5. The summed E-state index contributed by atoms with van der Waals surface area (Å²) in [5.74, 6) is -2.30. The summed E-state index contributed by atoms with van der Waals surface area (Å²) >= 11 is 0. The van der Waals surface area contributed by atoms with Gasteiger partial charge in [0.2, 0.25) is 0 Å². The highest BCUT2D eigenvalue weighted by Crippen LogP contribution is 2.25. The van der Waals surface area contributed by atoms with Gasteiger partial charge in [-0.2, -0.15) is 0 Å². The average molecular weight is 378 g/mol. The van der Waals surface area contributed by atoms with Gasteiger partial charge in [-0.15, -0.1) is 0 Å². The SMILES string of the molecule is C[C@@H](OC(=O)c1cc2ccccc2cc1O)C(=O)NNC(=O)c1ccccc1. The monoisotopic (exact) mass is 378 g/mol. The number of phenols is 1. The minimum Gasteiger partial charge on any atom is -0.507 e. The van der Waals surface area contributed by atoms with E-state index in [0.717, 1.165) is 10.8 Å². The Morgan fingerprint density at radius 3 is 2.18 bits per heavy atom. The van der Waals surface area contributed by atoms with E-state index in [9.17, 15) is 19.5 Å². The number of phenolic OH excluding ortho intramolecular Hbond substituents is 1. The summed E-state index contributed by atoms with van der Waals surface area (Å²) in [6.07, 6.45) is -1.19. The Balaban J connectivity index is 1.61. The zero-order valence-corrected chi connectivity index (χ0v) is 15.0. The number of hydrazine groups is 1. The lowest BCUT2D eigenvalue weighted by atomic mass is 10.1. The smallest absolute Gasteiger partial charge is 0.342 e. The Labute approximate surface area is 160 Å². The highest BCUT2D eigenvalue weighted by Gasteiger charge is 2.22. The van der Waals surface area contributed by atoms with Gasteiger partial charge in [-0.3, -0.25) is 20.4 Å². The molecule has 0 aliphatic rings. The molecule has 0 spiro atoms. The van der Waals surface area contributed by atoms with Crippen molar-refractivity contribution in [2.75, 3.05) is 0 Å². The summed E-state index contributed by atoms with van der Waals surface area (Å²) < 4.78 is 5.10. The van der Waals surface area contributed by atoms with Crippen molar-refractivity contribution < 1.29 is 24.2 Å². The van der Waals surface area contributed by atoms with Gasteiger partial charge in [0, 0.05) is 5.56 Å². The van der Waals surface area contributed by atoms with Gasteiger partial charge in [0.1, 0.15) is 11.3 Å². The number of nitrogens with one attached hydrogen (secondary N) is 2. The zero-order chi connectivity index (χ0) is 20.1. The lowest BCUT2D eigenvalue weighted by Crippen LogP contribution is -2.46. The van der Waals surface area contributed by atoms with Crippen molar-refractivity contribution in [2.45, 2.75) is 13.0 Å². The van der Waals surface area contributed by atoms with Crippen molar-refractivity contribution in [3.05, 3.63) is 77.9 Å². The fraction of sp³-hybridized carbons (Fsp3) is 0.0952. The maximum absolute atomic E-state index is 12.3. The summed E-state index contributed by atoms with van der Waals surface area (Å²) in [5.41, 5.74) is 4.77. The minimum absolute atomic E-state index is 0.0494. The van der Waals surface area contributed by atoms with Gasteiger partial charge in [0.05, 0.1) is 0 Å². The maximum atomic E-state index is 12.3. The number of amides is 2. The number of ether oxygens (including phenoxy) is 1. The van der Waals surface area contributed by atoms with Crippen LogP contribution in [0.25, 0.3) is 10.8 Å². The fourth-order valence-electron chi connectivity index (χ4n) is 2.55. The zero-order valence-electron chi connectivity index (χ0n) is 15.0. The van der Waals surface area contributed by atoms with E-state index >= 15 is 0 Å². The van der Waals surface area contributed by atoms with Crippen LogP contribution < -0.4 is 10.9 Å². The summed E-state index contributed by atoms with van der Waals surface area (Å²) in [7, 11) is 0. The average Bonchev–Trinajstić information content (AvgIpc) is 2.71. The number of carbonyl (C=O) groups is 3. The topological polar surface area (TPSA) is 105 Å². The predicted molar refractivity (Wildman–Crippen MR) is 103 cm³/mol. The molecule has 7 heteroatoms. The lowest BCUT2D eigenvalue weighted by Gasteiger charge is -2.15. The van der Waals surface area contributed by atoms with Crippen LogP contribution in [0.2, 0.25) is 0 Å². The minimum atomic E-state index is -1.19. The molecule has 1 atom stereocenters. The molecule has 0 aliphatic carbocycles. The first kappa shape index (κ1) is 18.9. The first-order valence-electron chi connectivity index (χ1n) is 8.53. The molecular weight excluding hydrogens is 360 g/mol. The van der Waals surface area contributed by atoms with E-state index in [1.165, 1.54) is 19.1 Å². The van der Waals surface area contributed by atoms with Crippen molar-refractivity contribution in [3.8, 4) is 5.75 Å². The molecule has 2 amide bonds. The predicted octanol–water partition coefficient (Wildman–Crippen LogP) is 2.55. The van der Waals surface area contributed by atoms with Crippen LogP contribution in [-0.4, -0.2) is 29.0 Å². The third-order valence-electron chi connectivity index (χ3n) is 4.07. The molecule has 0 heterocycles. The molecular formula is C21H18N2O5. The van der Waals surface area contributed by atoms with Crippen molar-refractivity contribution in [3.63, 3.8) is 0 Å². The number of hydrogen-bond acceptors (Lipinski definition) is 5. The quantitative estimate of drug-likeness (QED) is 0.478. The van der Waals surface area contributed by atoms with E-state index in [2.05, 4.69) is 10.9 Å². The number of hydrogen-bond donors (Lipinski definition) is 3. The normalized spacial score (nSPS) is 11.5. The third-order valence-corrected chi connectivity index (χ3v) is 4.07. The molecule has 0 saturated carbocycles. The van der Waals surface area contributed by atoms with E-state index < -0.39 is 23.9 Å². The van der Waals surface area contributed by atoms with Crippen LogP contribution in [0, 0.1) is 0 Å². The standard InChI is InChI=1S/C21H18N2O5/c1-13(19(25)22-23-20(26)14-7-3-2-4-8-14)28-21(27)17-11-15-9-5-6-10-16(15)12-18(17)24/h2-13,24H,1H3,(H,22,25)(H,23,26)/t13-/m1/s1. The van der Waals surface area contributed by atoms with Gasteiger partial charge in [-0.05, 0) is 42.0 Å². The van der Waals surface area contributed by atoms with Crippen LogP contribution >= 0.6 is 0 Å². The van der Waals surface area contributed by atoms with Crippen LogP contribution in [-0.2, 0) is 9.53 Å². The molecule has 0 bridgehead atoms. The number of esters is 1. The van der Waals surface area contributed by atoms with Crippen molar-refractivity contribution in [1.82, 2.24) is 10.9 Å². The van der Waals surface area contributed by atoms with E-state index in [0.29, 0.717) is 5.56 Å². The first-order chi connectivity index (χ1) is 13.5. The lowest BCUT2D eigenvalue weighted by molar-refractivity contribution is -0.129. The number of benzene rings is 3. The Morgan fingerprint density at radius 1 is 0.893 bits per heavy atom. The van der Waals surface area contributed by atoms with Gasteiger partial charge < -0.3 is 9.84 Å². The van der Waals surface area contributed by atoms with Gasteiger partial charge >= 0.3 is 5.97 Å². The molecule has 3 aromatic rings. The van der Waals surface area contributed by atoms with Crippen LogP contribution in [0.15, 0.2) is 66.7 Å². The summed E-state index contributed by atoms with van der Waals surface area (Å²) in [6.45, 7) is 1.36. The van der Waals surface area contributed by atoms with Crippen LogP contribution in [0.1, 0.15) is 27.6 Å². The molecule has 0 fully saturated rings. The van der Waals surface area contributed by atoms with Gasteiger partial charge in [0.25, 0.3) is 11.8 Å². The summed E-state index contributed by atoms with van der Waals surface area (Å²) in [5, 5.41) is 11.6. The second kappa shape index (κ2) is 8.22. The van der Waals surface area contributed by atoms with Crippen molar-refractivity contribution in [2.24, 2.45) is 0 Å². The number of carbonyl (C=O) groups excluding carboxylic acids is 3. The molecule has 3 N–H and O–H groups in total. The van der Waals surface area contributed by atoms with Crippen molar-refractivity contribution >= 4 is 28.6 Å². The molecule has 3 rings (SSSR count). The Hall–Kier alpha value is -3.87. The molecule has 3 aromatic carbocycles. The molecule has 0 unspecified atom stereocenters. The highest BCUT2D eigenvalue weighted by molar-refractivity contribution is 6.00. The Kier molecular flexibility index (Phi) is 5.55. The fourth-order valence-corrected chi connectivity index (χ4v) is 2.55. The summed E-state index contributed by atoms with van der Waals surface area (Å²) in [6, 6.07) is 18.5. The Bertz CT molecular complexity index is 1030. The molecule has 0 saturated heterocycles. The van der Waals surface area contributed by atoms with Crippen LogP contribution in [0.5, 0.6) is 5.75 Å². The van der Waals surface area contributed by atoms with E-state index in [-0.39, 0.29) is 11.3 Å². The van der Waals surface area contributed by atoms with Gasteiger partial charge in [0.15, 0.2) is 6.10 Å². The molecule has 7 nitrogen and oxygen atoms in total. The van der Waals surface area contributed by atoms with Crippen molar-refractivity contribution in [1.29, 1.82) is 0 Å². The molecule has 0 aliphatic heterocycles. The third kappa shape index (κ3) is 4.27. The second-order valence-corrected chi connectivity index (χ2v) is 6.07. The molecule has 0 radical (unpaired) electrons. The Morgan fingerprint density at radius 2 is 1.50 bits per heavy atom. The number of aromatic hydroxyl groups is 1. The first-order valence-corrected chi connectivity index (χ1v) is 8.53. The molecule has 142 valence electrons. The van der Waals surface area contributed by atoms with Gasteiger partial charge in [-0.25, -0.2) is 4.79 Å². The molecule has 0 aromatic heterocycles. The van der Waals surface area contributed by atoms with Gasteiger partial charge in [-0.1, -0.05) is 42.5 Å². The van der Waals surface area contributed by atoms with E-state index in [1.807, 2.05) is 6.07 Å². The van der Waals surface area contributed by atoms with Crippen LogP contribution in [0.3, 0.4) is 0 Å².